The molecule has 0 heterocycles. The topological polar surface area (TPSA) is 50.4 Å². The minimum atomic E-state index is -0.278. The summed E-state index contributed by atoms with van der Waals surface area (Å²) in [5.74, 6) is 0.667. The van der Waals surface area contributed by atoms with Gasteiger partial charge >= 0.3 is 0 Å². The van der Waals surface area contributed by atoms with Gasteiger partial charge in [-0.25, -0.2) is 0 Å². The number of thioether (sulfide) groups is 1. The molecule has 2 aromatic carbocycles. The van der Waals surface area contributed by atoms with E-state index in [-0.39, 0.29) is 5.91 Å². The maximum Gasteiger partial charge on any atom is 0.261 e. The smallest absolute Gasteiger partial charge is 0.261 e. The molecule has 138 valence electrons. The van der Waals surface area contributed by atoms with Crippen molar-refractivity contribution >= 4 is 35.0 Å². The first-order valence-corrected chi connectivity index (χ1v) is 10.1. The van der Waals surface area contributed by atoms with E-state index in [4.69, 9.17) is 17.0 Å². The maximum absolute atomic E-state index is 12.5. The Kier molecular flexibility index (Phi) is 7.94. The molecule has 0 fully saturated rings. The lowest BCUT2D eigenvalue weighted by Crippen LogP contribution is -2.39. The molecule has 0 aliphatic heterocycles. The lowest BCUT2D eigenvalue weighted by atomic mass is 10.2. The molecule has 26 heavy (non-hydrogen) atoms. The fourth-order valence-corrected chi connectivity index (χ4v) is 2.75. The van der Waals surface area contributed by atoms with Gasteiger partial charge in [-0.3, -0.25) is 10.1 Å². The zero-order valence-corrected chi connectivity index (χ0v) is 16.9. The summed E-state index contributed by atoms with van der Waals surface area (Å²) in [6.07, 6.45) is 2.04. The van der Waals surface area contributed by atoms with Gasteiger partial charge in [0.25, 0.3) is 5.91 Å². The van der Waals surface area contributed by atoms with Gasteiger partial charge in [-0.2, -0.15) is 0 Å². The summed E-state index contributed by atoms with van der Waals surface area (Å²) < 4.78 is 5.73. The van der Waals surface area contributed by atoms with E-state index in [1.807, 2.05) is 24.5 Å². The second kappa shape index (κ2) is 10.2. The van der Waals surface area contributed by atoms with Crippen LogP contribution in [0, 0.1) is 5.92 Å². The SMILES string of the molecule is CSc1ccc(CNC(=S)NC(=O)c2ccccc2OCC(C)C)cc1. The van der Waals surface area contributed by atoms with Crippen LogP contribution in [0.4, 0.5) is 0 Å². The fourth-order valence-electron chi connectivity index (χ4n) is 2.18. The summed E-state index contributed by atoms with van der Waals surface area (Å²) >= 11 is 6.94. The molecule has 0 unspecified atom stereocenters. The second-order valence-corrected chi connectivity index (χ2v) is 7.47. The van der Waals surface area contributed by atoms with Crippen LogP contribution >= 0.6 is 24.0 Å². The Morgan fingerprint density at radius 3 is 2.50 bits per heavy atom. The first kappa shape index (κ1) is 20.3. The molecular formula is C20H24N2O2S2. The van der Waals surface area contributed by atoms with Gasteiger partial charge in [-0.05, 0) is 54.2 Å². The van der Waals surface area contributed by atoms with E-state index >= 15 is 0 Å². The van der Waals surface area contributed by atoms with E-state index in [2.05, 4.69) is 36.6 Å². The van der Waals surface area contributed by atoms with Gasteiger partial charge in [0.2, 0.25) is 0 Å². The predicted octanol–water partition coefficient (Wildman–Crippen LogP) is 4.25. The number of nitrogens with one attached hydrogen (secondary N) is 2. The highest BCUT2D eigenvalue weighted by Gasteiger charge is 2.13. The Labute approximate surface area is 164 Å². The average molecular weight is 389 g/mol. The lowest BCUT2D eigenvalue weighted by molar-refractivity contribution is 0.0972. The zero-order chi connectivity index (χ0) is 18.9. The monoisotopic (exact) mass is 388 g/mol. The molecule has 0 spiro atoms. The molecule has 0 radical (unpaired) electrons. The summed E-state index contributed by atoms with van der Waals surface area (Å²) in [5, 5.41) is 6.07. The molecular weight excluding hydrogens is 364 g/mol. The van der Waals surface area contributed by atoms with E-state index in [1.165, 1.54) is 4.90 Å². The Morgan fingerprint density at radius 2 is 1.85 bits per heavy atom. The van der Waals surface area contributed by atoms with Gasteiger partial charge in [0.05, 0.1) is 12.2 Å². The van der Waals surface area contributed by atoms with Gasteiger partial charge in [-0.15, -0.1) is 11.8 Å². The van der Waals surface area contributed by atoms with Crippen LogP contribution in [0.1, 0.15) is 29.8 Å². The number of rotatable bonds is 7. The van der Waals surface area contributed by atoms with Crippen LogP contribution in [-0.2, 0) is 6.54 Å². The van der Waals surface area contributed by atoms with Crippen molar-refractivity contribution in [2.24, 2.45) is 5.92 Å². The molecule has 0 atom stereocenters. The molecule has 1 amide bonds. The van der Waals surface area contributed by atoms with Crippen LogP contribution in [0.2, 0.25) is 0 Å². The maximum atomic E-state index is 12.5. The molecule has 6 heteroatoms. The molecule has 2 rings (SSSR count). The first-order valence-electron chi connectivity index (χ1n) is 8.43. The van der Waals surface area contributed by atoms with Crippen molar-refractivity contribution in [2.45, 2.75) is 25.3 Å². The van der Waals surface area contributed by atoms with Crippen LogP contribution in [0.15, 0.2) is 53.4 Å². The Bertz CT molecular complexity index is 746. The van der Waals surface area contributed by atoms with Gasteiger partial charge in [0, 0.05) is 11.4 Å². The number of para-hydroxylation sites is 1. The van der Waals surface area contributed by atoms with E-state index in [0.717, 1.165) is 5.56 Å². The van der Waals surface area contributed by atoms with Crippen LogP contribution in [0.3, 0.4) is 0 Å². The Hall–Kier alpha value is -2.05. The van der Waals surface area contributed by atoms with Crippen molar-refractivity contribution < 1.29 is 9.53 Å². The number of thiocarbonyl (C=S) groups is 1. The molecule has 0 saturated heterocycles. The largest absolute Gasteiger partial charge is 0.492 e. The summed E-state index contributed by atoms with van der Waals surface area (Å²) in [6, 6.07) is 15.4. The van der Waals surface area contributed by atoms with Gasteiger partial charge in [0.15, 0.2) is 5.11 Å². The van der Waals surface area contributed by atoms with E-state index in [0.29, 0.717) is 35.5 Å². The highest BCUT2D eigenvalue weighted by molar-refractivity contribution is 7.98. The quantitative estimate of drug-likeness (QED) is 0.549. The predicted molar refractivity (Wildman–Crippen MR) is 112 cm³/mol. The van der Waals surface area contributed by atoms with E-state index in [9.17, 15) is 4.79 Å². The summed E-state index contributed by atoms with van der Waals surface area (Å²) in [5.41, 5.74) is 1.57. The lowest BCUT2D eigenvalue weighted by Gasteiger charge is -2.14. The Morgan fingerprint density at radius 1 is 1.15 bits per heavy atom. The van der Waals surface area contributed by atoms with Crippen molar-refractivity contribution in [2.75, 3.05) is 12.9 Å². The van der Waals surface area contributed by atoms with Crippen molar-refractivity contribution in [3.63, 3.8) is 0 Å². The zero-order valence-electron chi connectivity index (χ0n) is 15.2. The molecule has 0 aliphatic rings. The van der Waals surface area contributed by atoms with Crippen molar-refractivity contribution in [1.29, 1.82) is 0 Å². The third-order valence-electron chi connectivity index (χ3n) is 3.54. The molecule has 2 N–H and O–H groups in total. The van der Waals surface area contributed by atoms with Crippen molar-refractivity contribution in [1.82, 2.24) is 10.6 Å². The number of hydrogen-bond acceptors (Lipinski definition) is 4. The number of benzene rings is 2. The second-order valence-electron chi connectivity index (χ2n) is 6.19. The fraction of sp³-hybridized carbons (Fsp3) is 0.300. The Balaban J connectivity index is 1.91. The minimum absolute atomic E-state index is 0.278. The van der Waals surface area contributed by atoms with Crippen LogP contribution in [-0.4, -0.2) is 23.9 Å². The summed E-state index contributed by atoms with van der Waals surface area (Å²) in [7, 11) is 0. The molecule has 4 nitrogen and oxygen atoms in total. The van der Waals surface area contributed by atoms with Gasteiger partial charge in [-0.1, -0.05) is 38.1 Å². The average Bonchev–Trinajstić information content (AvgIpc) is 2.65. The number of hydrogen-bond donors (Lipinski definition) is 2. The molecule has 0 aromatic heterocycles. The van der Waals surface area contributed by atoms with Crippen LogP contribution in [0.5, 0.6) is 5.75 Å². The van der Waals surface area contributed by atoms with E-state index < -0.39 is 0 Å². The van der Waals surface area contributed by atoms with Crippen LogP contribution < -0.4 is 15.4 Å². The number of carbonyl (C=O) groups is 1. The minimum Gasteiger partial charge on any atom is -0.492 e. The van der Waals surface area contributed by atoms with Crippen LogP contribution in [0.25, 0.3) is 0 Å². The standard InChI is InChI=1S/C20H24N2O2S2/c1-14(2)13-24-18-7-5-4-6-17(18)19(23)22-20(25)21-12-15-8-10-16(26-3)11-9-15/h4-11,14H,12-13H2,1-3H3,(H2,21,22,23,25). The first-order chi connectivity index (χ1) is 12.5. The molecule has 2 aromatic rings. The molecule has 0 bridgehead atoms. The van der Waals surface area contributed by atoms with Crippen molar-refractivity contribution in [3.8, 4) is 5.75 Å². The summed E-state index contributed by atoms with van der Waals surface area (Å²) in [6.45, 7) is 5.24. The molecule has 0 aliphatic carbocycles. The van der Waals surface area contributed by atoms with Crippen molar-refractivity contribution in [3.05, 3.63) is 59.7 Å². The highest BCUT2D eigenvalue weighted by Crippen LogP contribution is 2.18. The normalized spacial score (nSPS) is 10.5. The highest BCUT2D eigenvalue weighted by atomic mass is 32.2. The summed E-state index contributed by atoms with van der Waals surface area (Å²) in [4.78, 5) is 13.7. The third-order valence-corrected chi connectivity index (χ3v) is 4.53. The van der Waals surface area contributed by atoms with Gasteiger partial charge in [0.1, 0.15) is 5.75 Å². The number of carbonyl (C=O) groups excluding carboxylic acids is 1. The number of amides is 1. The number of ether oxygens (including phenoxy) is 1. The van der Waals surface area contributed by atoms with E-state index in [1.54, 1.807) is 30.0 Å². The molecule has 0 saturated carbocycles. The third kappa shape index (κ3) is 6.35. The van der Waals surface area contributed by atoms with Gasteiger partial charge < -0.3 is 10.1 Å².